The SMILES string of the molecule is CC(C)C[C@H](NCP(=O)(O)c1ccccc1)C(=O)O. The molecular weight excluding hydrogens is 265 g/mol. The lowest BCUT2D eigenvalue weighted by molar-refractivity contribution is -0.139. The minimum absolute atomic E-state index is 0.198. The van der Waals surface area contributed by atoms with Crippen molar-refractivity contribution >= 4 is 18.6 Å². The van der Waals surface area contributed by atoms with E-state index in [1.54, 1.807) is 30.3 Å². The average Bonchev–Trinajstić information content (AvgIpc) is 2.35. The van der Waals surface area contributed by atoms with Gasteiger partial charge in [0.2, 0.25) is 7.37 Å². The fourth-order valence-electron chi connectivity index (χ4n) is 1.73. The van der Waals surface area contributed by atoms with Crippen LogP contribution in [0.5, 0.6) is 0 Å². The first-order chi connectivity index (χ1) is 8.83. The van der Waals surface area contributed by atoms with Gasteiger partial charge in [-0.15, -0.1) is 0 Å². The fourth-order valence-corrected chi connectivity index (χ4v) is 3.02. The molecule has 0 saturated carbocycles. The van der Waals surface area contributed by atoms with E-state index in [0.29, 0.717) is 11.7 Å². The highest BCUT2D eigenvalue weighted by Crippen LogP contribution is 2.37. The topological polar surface area (TPSA) is 86.6 Å². The first-order valence-corrected chi connectivity index (χ1v) is 8.01. The Hall–Kier alpha value is -1.16. The molecule has 0 aromatic heterocycles. The molecule has 3 N–H and O–H groups in total. The van der Waals surface area contributed by atoms with E-state index in [9.17, 15) is 14.3 Å². The summed E-state index contributed by atoms with van der Waals surface area (Å²) in [6.45, 7) is 3.82. The molecule has 5 nitrogen and oxygen atoms in total. The van der Waals surface area contributed by atoms with Crippen LogP contribution < -0.4 is 10.6 Å². The molecule has 1 rings (SSSR count). The van der Waals surface area contributed by atoms with Gasteiger partial charge in [0, 0.05) is 5.30 Å². The maximum Gasteiger partial charge on any atom is 0.320 e. The first-order valence-electron chi connectivity index (χ1n) is 6.16. The Morgan fingerprint density at radius 3 is 2.37 bits per heavy atom. The average molecular weight is 285 g/mol. The van der Waals surface area contributed by atoms with Crippen LogP contribution in [0.3, 0.4) is 0 Å². The lowest BCUT2D eigenvalue weighted by Gasteiger charge is -2.19. The van der Waals surface area contributed by atoms with Crippen LogP contribution in [0.4, 0.5) is 0 Å². The predicted octanol–water partition coefficient (Wildman–Crippen LogP) is 1.63. The van der Waals surface area contributed by atoms with Gasteiger partial charge in [-0.25, -0.2) is 0 Å². The van der Waals surface area contributed by atoms with Gasteiger partial charge in [-0.05, 0) is 24.5 Å². The van der Waals surface area contributed by atoms with Gasteiger partial charge >= 0.3 is 5.97 Å². The Morgan fingerprint density at radius 1 is 1.32 bits per heavy atom. The van der Waals surface area contributed by atoms with Gasteiger partial charge < -0.3 is 10.00 Å². The number of aliphatic carboxylic acids is 1. The molecule has 0 saturated heterocycles. The Kier molecular flexibility index (Phi) is 5.73. The summed E-state index contributed by atoms with van der Waals surface area (Å²) in [6.07, 6.45) is 0.185. The van der Waals surface area contributed by atoms with Gasteiger partial charge in [-0.2, -0.15) is 0 Å². The van der Waals surface area contributed by atoms with Crippen LogP contribution in [0.25, 0.3) is 0 Å². The van der Waals surface area contributed by atoms with Crippen molar-refractivity contribution in [3.8, 4) is 0 Å². The summed E-state index contributed by atoms with van der Waals surface area (Å²) in [6, 6.07) is 7.46. The number of benzene rings is 1. The fraction of sp³-hybridized carbons (Fsp3) is 0.462. The van der Waals surface area contributed by atoms with Crippen molar-refractivity contribution < 1.29 is 19.4 Å². The van der Waals surface area contributed by atoms with Gasteiger partial charge in [0.1, 0.15) is 6.04 Å². The lowest BCUT2D eigenvalue weighted by atomic mass is 10.0. The molecular formula is C13H20NO4P. The van der Waals surface area contributed by atoms with Crippen molar-refractivity contribution in [3.05, 3.63) is 30.3 Å². The molecule has 106 valence electrons. The Bertz CT molecular complexity index is 461. The minimum Gasteiger partial charge on any atom is -0.480 e. The molecule has 0 aliphatic carbocycles. The van der Waals surface area contributed by atoms with E-state index < -0.39 is 19.4 Å². The highest BCUT2D eigenvalue weighted by atomic mass is 31.2. The summed E-state index contributed by atoms with van der Waals surface area (Å²) in [5.41, 5.74) is 0. The number of carboxylic acids is 1. The number of hydrogen-bond acceptors (Lipinski definition) is 3. The van der Waals surface area contributed by atoms with Crippen molar-refractivity contribution in [1.29, 1.82) is 0 Å². The van der Waals surface area contributed by atoms with Crippen LogP contribution >= 0.6 is 7.37 Å². The molecule has 0 spiro atoms. The van der Waals surface area contributed by atoms with Gasteiger partial charge in [0.25, 0.3) is 0 Å². The second-order valence-corrected chi connectivity index (χ2v) is 7.16. The quantitative estimate of drug-likeness (QED) is 0.663. The van der Waals surface area contributed by atoms with Crippen LogP contribution in [-0.4, -0.2) is 28.3 Å². The molecule has 0 bridgehead atoms. The van der Waals surface area contributed by atoms with Crippen molar-refractivity contribution in [3.63, 3.8) is 0 Å². The molecule has 0 heterocycles. The third kappa shape index (κ3) is 5.15. The van der Waals surface area contributed by atoms with Gasteiger partial charge in [-0.3, -0.25) is 14.7 Å². The van der Waals surface area contributed by atoms with Gasteiger partial charge in [0.15, 0.2) is 0 Å². The molecule has 19 heavy (non-hydrogen) atoms. The molecule has 0 fully saturated rings. The second kappa shape index (κ2) is 6.85. The zero-order chi connectivity index (χ0) is 14.5. The summed E-state index contributed by atoms with van der Waals surface area (Å²) < 4.78 is 12.1. The van der Waals surface area contributed by atoms with E-state index in [-0.39, 0.29) is 12.2 Å². The van der Waals surface area contributed by atoms with Crippen LogP contribution in [-0.2, 0) is 9.36 Å². The molecule has 1 aromatic carbocycles. The van der Waals surface area contributed by atoms with E-state index in [0.717, 1.165) is 0 Å². The summed E-state index contributed by atoms with van der Waals surface area (Å²) in [7, 11) is -3.56. The number of carbonyl (C=O) groups is 1. The van der Waals surface area contributed by atoms with Crippen molar-refractivity contribution in [1.82, 2.24) is 5.32 Å². The Labute approximate surface area is 113 Å². The van der Waals surface area contributed by atoms with Crippen molar-refractivity contribution in [2.24, 2.45) is 5.92 Å². The normalized spacial score (nSPS) is 16.0. The second-order valence-electron chi connectivity index (χ2n) is 4.92. The molecule has 1 aromatic rings. The third-order valence-corrected chi connectivity index (χ3v) is 4.43. The summed E-state index contributed by atoms with van der Waals surface area (Å²) in [5.74, 6) is -0.801. The zero-order valence-electron chi connectivity index (χ0n) is 11.1. The summed E-state index contributed by atoms with van der Waals surface area (Å²) >= 11 is 0. The van der Waals surface area contributed by atoms with Crippen LogP contribution in [0.15, 0.2) is 30.3 Å². The van der Waals surface area contributed by atoms with Crippen molar-refractivity contribution in [2.45, 2.75) is 26.3 Å². The molecule has 0 aliphatic heterocycles. The van der Waals surface area contributed by atoms with E-state index in [2.05, 4.69) is 5.32 Å². The molecule has 1 unspecified atom stereocenters. The van der Waals surface area contributed by atoms with E-state index in [4.69, 9.17) is 5.11 Å². The third-order valence-electron chi connectivity index (χ3n) is 2.72. The largest absolute Gasteiger partial charge is 0.480 e. The first kappa shape index (κ1) is 15.9. The number of carboxylic acid groups (broad SMARTS) is 1. The highest BCUT2D eigenvalue weighted by molar-refractivity contribution is 7.66. The Balaban J connectivity index is 2.68. The van der Waals surface area contributed by atoms with E-state index in [1.165, 1.54) is 0 Å². The van der Waals surface area contributed by atoms with Gasteiger partial charge in [0.05, 0.1) is 6.29 Å². The maximum atomic E-state index is 12.1. The van der Waals surface area contributed by atoms with Crippen LogP contribution in [0.2, 0.25) is 0 Å². The minimum atomic E-state index is -3.56. The monoisotopic (exact) mass is 285 g/mol. The Morgan fingerprint density at radius 2 is 1.89 bits per heavy atom. The standard InChI is InChI=1S/C13H20NO4P/c1-10(2)8-12(13(15)16)14-9-19(17,18)11-6-4-3-5-7-11/h3-7,10,12,14H,8-9H2,1-2H3,(H,15,16)(H,17,18)/t12-/m0/s1. The zero-order valence-corrected chi connectivity index (χ0v) is 12.0. The number of rotatable bonds is 7. The van der Waals surface area contributed by atoms with Crippen molar-refractivity contribution in [2.75, 3.05) is 6.29 Å². The predicted molar refractivity (Wildman–Crippen MR) is 74.8 cm³/mol. The summed E-state index contributed by atoms with van der Waals surface area (Å²) in [4.78, 5) is 21.0. The van der Waals surface area contributed by atoms with Crippen LogP contribution in [0.1, 0.15) is 20.3 Å². The maximum absolute atomic E-state index is 12.1. The smallest absolute Gasteiger partial charge is 0.320 e. The molecule has 0 radical (unpaired) electrons. The van der Waals surface area contributed by atoms with E-state index in [1.807, 2.05) is 13.8 Å². The lowest BCUT2D eigenvalue weighted by Crippen LogP contribution is -2.39. The van der Waals surface area contributed by atoms with Gasteiger partial charge in [-0.1, -0.05) is 32.0 Å². The summed E-state index contributed by atoms with van der Waals surface area (Å²) in [5, 5.41) is 12.1. The molecule has 6 heteroatoms. The number of hydrogen-bond donors (Lipinski definition) is 3. The van der Waals surface area contributed by atoms with Crippen LogP contribution in [0, 0.1) is 5.92 Å². The number of nitrogens with one attached hydrogen (secondary N) is 1. The molecule has 0 amide bonds. The van der Waals surface area contributed by atoms with E-state index >= 15 is 0 Å². The molecule has 2 atom stereocenters. The highest BCUT2D eigenvalue weighted by Gasteiger charge is 2.25. The molecule has 0 aliphatic rings.